The first kappa shape index (κ1) is 10.6. The molecule has 0 saturated carbocycles. The summed E-state index contributed by atoms with van der Waals surface area (Å²) in [5.41, 5.74) is 2.97. The number of amides is 1. The lowest BCUT2D eigenvalue weighted by Gasteiger charge is -2.04. The van der Waals surface area contributed by atoms with Gasteiger partial charge in [0.05, 0.1) is 5.02 Å². The molecule has 0 aliphatic rings. The summed E-state index contributed by atoms with van der Waals surface area (Å²) in [5, 5.41) is 10.9. The Labute approximate surface area is 85.0 Å². The highest BCUT2D eigenvalue weighted by atomic mass is 35.5. The number of pyridine rings is 1. The van der Waals surface area contributed by atoms with Gasteiger partial charge in [-0.05, 0) is 11.6 Å². The minimum atomic E-state index is -1.10. The SMILES string of the molecule is NNc1ncc(CNC(=O)O)cc1Cl. The third-order valence-corrected chi connectivity index (χ3v) is 1.77. The van der Waals surface area contributed by atoms with Gasteiger partial charge in [-0.2, -0.15) is 0 Å². The number of rotatable bonds is 3. The molecule has 1 rings (SSSR count). The Morgan fingerprint density at radius 2 is 2.43 bits per heavy atom. The Bertz CT molecular complexity index is 344. The number of nitrogens with two attached hydrogens (primary N) is 1. The van der Waals surface area contributed by atoms with Crippen molar-refractivity contribution in [2.45, 2.75) is 6.54 Å². The second-order valence-corrected chi connectivity index (χ2v) is 2.88. The average molecular weight is 217 g/mol. The van der Waals surface area contributed by atoms with Crippen LogP contribution in [-0.2, 0) is 6.54 Å². The molecule has 0 atom stereocenters. The summed E-state index contributed by atoms with van der Waals surface area (Å²) in [7, 11) is 0. The maximum absolute atomic E-state index is 10.2. The summed E-state index contributed by atoms with van der Waals surface area (Å²) in [6, 6.07) is 1.58. The summed E-state index contributed by atoms with van der Waals surface area (Å²) in [6.07, 6.45) is 0.388. The van der Waals surface area contributed by atoms with Crippen LogP contribution in [0.4, 0.5) is 10.6 Å². The topological polar surface area (TPSA) is 100 Å². The standard InChI is InChI=1S/C7H9ClN4O2/c8-5-1-4(3-11-7(13)14)2-10-6(5)12-9/h1-2,11H,3,9H2,(H,10,12)(H,13,14). The van der Waals surface area contributed by atoms with Crippen LogP contribution in [0.1, 0.15) is 5.56 Å². The molecule has 14 heavy (non-hydrogen) atoms. The monoisotopic (exact) mass is 216 g/mol. The number of aromatic nitrogens is 1. The smallest absolute Gasteiger partial charge is 0.404 e. The maximum atomic E-state index is 10.2. The van der Waals surface area contributed by atoms with Gasteiger partial charge < -0.3 is 15.8 Å². The van der Waals surface area contributed by atoms with Crippen molar-refractivity contribution in [3.63, 3.8) is 0 Å². The number of nitrogen functional groups attached to an aromatic ring is 1. The number of hydrogen-bond donors (Lipinski definition) is 4. The van der Waals surface area contributed by atoms with E-state index in [2.05, 4.69) is 15.7 Å². The fraction of sp³-hybridized carbons (Fsp3) is 0.143. The Hall–Kier alpha value is -1.53. The largest absolute Gasteiger partial charge is 0.465 e. The first-order chi connectivity index (χ1) is 6.63. The van der Waals surface area contributed by atoms with Crippen LogP contribution < -0.4 is 16.6 Å². The van der Waals surface area contributed by atoms with Crippen molar-refractivity contribution in [1.29, 1.82) is 0 Å². The lowest BCUT2D eigenvalue weighted by molar-refractivity contribution is 0.194. The molecule has 5 N–H and O–H groups in total. The minimum Gasteiger partial charge on any atom is -0.465 e. The van der Waals surface area contributed by atoms with Crippen molar-refractivity contribution >= 4 is 23.5 Å². The van der Waals surface area contributed by atoms with Crippen molar-refractivity contribution in [3.8, 4) is 0 Å². The fourth-order valence-corrected chi connectivity index (χ4v) is 1.10. The van der Waals surface area contributed by atoms with E-state index in [9.17, 15) is 4.79 Å². The van der Waals surface area contributed by atoms with Gasteiger partial charge in [0.25, 0.3) is 0 Å². The van der Waals surface area contributed by atoms with Gasteiger partial charge >= 0.3 is 6.09 Å². The minimum absolute atomic E-state index is 0.160. The van der Waals surface area contributed by atoms with E-state index in [0.29, 0.717) is 16.4 Å². The lowest BCUT2D eigenvalue weighted by atomic mass is 10.3. The van der Waals surface area contributed by atoms with E-state index in [1.54, 1.807) is 6.07 Å². The zero-order chi connectivity index (χ0) is 10.6. The number of hydrazine groups is 1. The van der Waals surface area contributed by atoms with Crippen molar-refractivity contribution in [3.05, 3.63) is 22.8 Å². The van der Waals surface area contributed by atoms with Gasteiger partial charge in [0.1, 0.15) is 0 Å². The van der Waals surface area contributed by atoms with Crippen LogP contribution in [0.2, 0.25) is 5.02 Å². The van der Waals surface area contributed by atoms with Gasteiger partial charge in [0.15, 0.2) is 5.82 Å². The van der Waals surface area contributed by atoms with Gasteiger partial charge in [-0.15, -0.1) is 0 Å². The molecule has 6 nitrogen and oxygen atoms in total. The van der Waals surface area contributed by atoms with Gasteiger partial charge in [-0.1, -0.05) is 11.6 Å². The first-order valence-corrected chi connectivity index (χ1v) is 4.09. The molecular weight excluding hydrogens is 208 g/mol. The summed E-state index contributed by atoms with van der Waals surface area (Å²) >= 11 is 5.76. The highest BCUT2D eigenvalue weighted by Gasteiger charge is 2.02. The summed E-state index contributed by atoms with van der Waals surface area (Å²) in [6.45, 7) is 0.160. The van der Waals surface area contributed by atoms with E-state index in [-0.39, 0.29) is 6.54 Å². The molecular formula is C7H9ClN4O2. The van der Waals surface area contributed by atoms with Gasteiger partial charge in [0, 0.05) is 12.7 Å². The number of carbonyl (C=O) groups is 1. The Kier molecular flexibility index (Phi) is 3.49. The molecule has 0 saturated heterocycles. The molecule has 1 heterocycles. The van der Waals surface area contributed by atoms with E-state index in [1.807, 2.05) is 0 Å². The van der Waals surface area contributed by atoms with Crippen LogP contribution in [0, 0.1) is 0 Å². The van der Waals surface area contributed by atoms with Crippen LogP contribution in [0.25, 0.3) is 0 Å². The number of halogens is 1. The van der Waals surface area contributed by atoms with E-state index in [0.717, 1.165) is 0 Å². The van der Waals surface area contributed by atoms with Crippen molar-refractivity contribution < 1.29 is 9.90 Å². The number of anilines is 1. The van der Waals surface area contributed by atoms with Crippen LogP contribution in [0.15, 0.2) is 12.3 Å². The Morgan fingerprint density at radius 1 is 1.71 bits per heavy atom. The summed E-state index contributed by atoms with van der Waals surface area (Å²) in [5.74, 6) is 5.47. The number of nitrogens with one attached hydrogen (secondary N) is 2. The van der Waals surface area contributed by atoms with Crippen molar-refractivity contribution in [1.82, 2.24) is 10.3 Å². The molecule has 0 spiro atoms. The maximum Gasteiger partial charge on any atom is 0.404 e. The van der Waals surface area contributed by atoms with Crippen LogP contribution in [-0.4, -0.2) is 16.2 Å². The summed E-state index contributed by atoms with van der Waals surface area (Å²) < 4.78 is 0. The van der Waals surface area contributed by atoms with Crippen LogP contribution in [0.5, 0.6) is 0 Å². The summed E-state index contributed by atoms with van der Waals surface area (Å²) in [4.78, 5) is 14.1. The molecule has 0 aliphatic carbocycles. The Morgan fingerprint density at radius 3 is 2.93 bits per heavy atom. The molecule has 7 heteroatoms. The molecule has 1 aromatic rings. The predicted octanol–water partition coefficient (Wildman–Crippen LogP) is 0.788. The second-order valence-electron chi connectivity index (χ2n) is 2.48. The van der Waals surface area contributed by atoms with E-state index < -0.39 is 6.09 Å². The second kappa shape index (κ2) is 4.64. The normalized spacial score (nSPS) is 9.57. The first-order valence-electron chi connectivity index (χ1n) is 3.71. The molecule has 0 aliphatic heterocycles. The average Bonchev–Trinajstić information content (AvgIpc) is 2.15. The van der Waals surface area contributed by atoms with Crippen LogP contribution in [0.3, 0.4) is 0 Å². The van der Waals surface area contributed by atoms with Crippen LogP contribution >= 0.6 is 11.6 Å². The predicted molar refractivity (Wildman–Crippen MR) is 51.9 cm³/mol. The van der Waals surface area contributed by atoms with Crippen molar-refractivity contribution in [2.75, 3.05) is 5.43 Å². The van der Waals surface area contributed by atoms with Gasteiger partial charge in [0.2, 0.25) is 0 Å². The molecule has 0 bridgehead atoms. The molecule has 0 aromatic carbocycles. The highest BCUT2D eigenvalue weighted by molar-refractivity contribution is 6.32. The Balaban J connectivity index is 2.71. The third kappa shape index (κ3) is 2.75. The zero-order valence-corrected chi connectivity index (χ0v) is 7.88. The van der Waals surface area contributed by atoms with E-state index in [4.69, 9.17) is 22.6 Å². The zero-order valence-electron chi connectivity index (χ0n) is 7.12. The van der Waals surface area contributed by atoms with E-state index >= 15 is 0 Å². The van der Waals surface area contributed by atoms with E-state index in [1.165, 1.54) is 6.20 Å². The fourth-order valence-electron chi connectivity index (χ4n) is 0.858. The molecule has 1 aromatic heterocycles. The molecule has 76 valence electrons. The number of carboxylic acid groups (broad SMARTS) is 1. The molecule has 0 radical (unpaired) electrons. The van der Waals surface area contributed by atoms with Gasteiger partial charge in [-0.25, -0.2) is 15.6 Å². The van der Waals surface area contributed by atoms with Crippen molar-refractivity contribution in [2.24, 2.45) is 5.84 Å². The molecule has 0 unspecified atom stereocenters. The molecule has 1 amide bonds. The lowest BCUT2D eigenvalue weighted by Crippen LogP contribution is -2.20. The highest BCUT2D eigenvalue weighted by Crippen LogP contribution is 2.18. The quantitative estimate of drug-likeness (QED) is 0.442. The number of hydrogen-bond acceptors (Lipinski definition) is 4. The molecule has 0 fully saturated rings. The number of nitrogens with zero attached hydrogens (tertiary/aromatic N) is 1. The van der Waals surface area contributed by atoms with Gasteiger partial charge in [-0.3, -0.25) is 0 Å². The third-order valence-electron chi connectivity index (χ3n) is 1.48.